The molecule has 1 saturated heterocycles. The van der Waals surface area contributed by atoms with E-state index in [9.17, 15) is 28.4 Å². The summed E-state index contributed by atoms with van der Waals surface area (Å²) in [6, 6.07) is 18.5. The normalized spacial score (nSPS) is 16.2. The van der Waals surface area contributed by atoms with E-state index in [0.717, 1.165) is 11.1 Å². The molecule has 1 unspecified atom stereocenters. The van der Waals surface area contributed by atoms with Crippen LogP contribution in [0.5, 0.6) is 0 Å². The summed E-state index contributed by atoms with van der Waals surface area (Å²) in [5, 5.41) is 14.7. The largest absolute Gasteiger partial charge is 0.444 e. The van der Waals surface area contributed by atoms with Gasteiger partial charge >= 0.3 is 12.2 Å². The number of alkyl carbamates (subject to hydrolysis) is 1. The molecule has 1 aromatic heterocycles. The van der Waals surface area contributed by atoms with Crippen LogP contribution in [0, 0.1) is 28.8 Å². The summed E-state index contributed by atoms with van der Waals surface area (Å²) in [5.41, 5.74) is -0.213. The molecule has 0 radical (unpaired) electrons. The molecule has 0 saturated carbocycles. The number of morpholine rings is 1. The fourth-order valence-electron chi connectivity index (χ4n) is 6.49. The number of ether oxygens (including phenoxy) is 3. The molecule has 4 aromatic rings. The topological polar surface area (TPSA) is 143 Å². The summed E-state index contributed by atoms with van der Waals surface area (Å²) in [4.78, 5) is 47.4. The van der Waals surface area contributed by atoms with Gasteiger partial charge < -0.3 is 29.7 Å². The zero-order valence-corrected chi connectivity index (χ0v) is 34.6. The van der Waals surface area contributed by atoms with E-state index in [1.807, 2.05) is 6.07 Å². The van der Waals surface area contributed by atoms with Gasteiger partial charge in [-0.15, -0.1) is 11.8 Å². The fraction of sp³-hybridized carbons (Fsp3) is 0.386. The SMILES string of the molecule is CC(C)(C)OC(=O)NC(C(=O)Nc1cncc(F)c1CC[C@@H]1CN(C(=O)OC(C)(C)C)C[C@@H](CSc2cccc(C#N)c2)O1)C(c1ccc(F)cc1)c1ccc(F)cc1. The van der Waals surface area contributed by atoms with Crippen LogP contribution in [0.15, 0.2) is 90.1 Å². The number of pyridine rings is 1. The third-order valence-corrected chi connectivity index (χ3v) is 10.1. The smallest absolute Gasteiger partial charge is 0.410 e. The van der Waals surface area contributed by atoms with Crippen molar-refractivity contribution in [2.75, 3.05) is 24.2 Å². The van der Waals surface area contributed by atoms with Crippen molar-refractivity contribution < 1.29 is 41.8 Å². The molecular weight excluding hydrogens is 784 g/mol. The van der Waals surface area contributed by atoms with Gasteiger partial charge in [-0.2, -0.15) is 5.26 Å². The van der Waals surface area contributed by atoms with Crippen molar-refractivity contribution in [2.45, 2.75) is 94.6 Å². The van der Waals surface area contributed by atoms with Gasteiger partial charge in [0.05, 0.1) is 55.0 Å². The highest BCUT2D eigenvalue weighted by Crippen LogP contribution is 2.32. The number of anilines is 1. The molecule has 11 nitrogen and oxygen atoms in total. The van der Waals surface area contributed by atoms with Gasteiger partial charge in [-0.1, -0.05) is 30.3 Å². The molecule has 3 aromatic carbocycles. The van der Waals surface area contributed by atoms with Crippen molar-refractivity contribution in [2.24, 2.45) is 0 Å². The molecule has 0 bridgehead atoms. The highest BCUT2D eigenvalue weighted by atomic mass is 32.2. The molecule has 3 amide bonds. The number of halogens is 3. The highest BCUT2D eigenvalue weighted by molar-refractivity contribution is 7.99. The molecule has 0 spiro atoms. The molecule has 2 N–H and O–H groups in total. The van der Waals surface area contributed by atoms with Crippen LogP contribution in [0.3, 0.4) is 0 Å². The van der Waals surface area contributed by atoms with Crippen molar-refractivity contribution in [3.63, 3.8) is 0 Å². The van der Waals surface area contributed by atoms with Crippen LogP contribution in [0.25, 0.3) is 0 Å². The molecule has 3 atom stereocenters. The van der Waals surface area contributed by atoms with Crippen molar-refractivity contribution >= 4 is 35.5 Å². The monoisotopic (exact) mass is 831 g/mol. The second-order valence-electron chi connectivity index (χ2n) is 16.1. The molecule has 1 fully saturated rings. The number of benzene rings is 3. The van der Waals surface area contributed by atoms with Crippen molar-refractivity contribution in [3.05, 3.63) is 125 Å². The third kappa shape index (κ3) is 13.2. The maximum Gasteiger partial charge on any atom is 0.410 e. The quantitative estimate of drug-likeness (QED) is 0.134. The number of aromatic nitrogens is 1. The maximum atomic E-state index is 15.7. The van der Waals surface area contributed by atoms with Gasteiger partial charge in [0.25, 0.3) is 0 Å². The van der Waals surface area contributed by atoms with Gasteiger partial charge in [-0.3, -0.25) is 9.78 Å². The Hall–Kier alpha value is -5.59. The van der Waals surface area contributed by atoms with Crippen LogP contribution < -0.4 is 10.6 Å². The van der Waals surface area contributed by atoms with Gasteiger partial charge in [-0.05, 0) is 108 Å². The van der Waals surface area contributed by atoms with E-state index in [0.29, 0.717) is 22.4 Å². The van der Waals surface area contributed by atoms with Crippen molar-refractivity contribution in [1.29, 1.82) is 5.26 Å². The molecule has 2 heterocycles. The van der Waals surface area contributed by atoms with E-state index >= 15 is 4.39 Å². The van der Waals surface area contributed by atoms with E-state index < -0.39 is 70.9 Å². The number of nitrogens with one attached hydrogen (secondary N) is 2. The van der Waals surface area contributed by atoms with Crippen LogP contribution >= 0.6 is 11.8 Å². The number of rotatable bonds is 12. The lowest BCUT2D eigenvalue weighted by Crippen LogP contribution is -2.52. The fourth-order valence-corrected chi connectivity index (χ4v) is 7.43. The first-order chi connectivity index (χ1) is 27.9. The number of nitrogens with zero attached hydrogens (tertiary/aromatic N) is 3. The van der Waals surface area contributed by atoms with Gasteiger partial charge in [0.1, 0.15) is 34.7 Å². The minimum absolute atomic E-state index is 0.0206. The first kappa shape index (κ1) is 44.5. The van der Waals surface area contributed by atoms with Crippen LogP contribution in [0.4, 0.5) is 28.4 Å². The Morgan fingerprint density at radius 3 is 2.10 bits per heavy atom. The Labute approximate surface area is 346 Å². The number of carbonyl (C=O) groups is 3. The number of hydrogen-bond acceptors (Lipinski definition) is 9. The van der Waals surface area contributed by atoms with Gasteiger partial charge in [0.2, 0.25) is 5.91 Å². The predicted octanol–water partition coefficient (Wildman–Crippen LogP) is 8.76. The van der Waals surface area contributed by atoms with E-state index in [4.69, 9.17) is 14.2 Å². The second-order valence-corrected chi connectivity index (χ2v) is 17.2. The lowest BCUT2D eigenvalue weighted by atomic mass is 9.84. The van der Waals surface area contributed by atoms with E-state index in [1.165, 1.54) is 66.5 Å². The summed E-state index contributed by atoms with van der Waals surface area (Å²) >= 11 is 1.47. The number of carbonyl (C=O) groups excluding carboxylic acids is 3. The summed E-state index contributed by atoms with van der Waals surface area (Å²) in [7, 11) is 0. The Morgan fingerprint density at radius 1 is 0.898 bits per heavy atom. The Bertz CT molecular complexity index is 2090. The first-order valence-corrected chi connectivity index (χ1v) is 20.1. The Balaban J connectivity index is 1.41. The van der Waals surface area contributed by atoms with E-state index in [2.05, 4.69) is 21.7 Å². The number of nitriles is 1. The number of amides is 3. The molecule has 1 aliphatic rings. The zero-order valence-electron chi connectivity index (χ0n) is 33.8. The standard InChI is InChI=1S/C44H48F3N5O6S/c1-43(2,3)57-41(54)51-39(38(28-10-14-30(45)15-11-28)29-12-16-31(46)17-13-29)40(53)50-37-23-49-22-36(47)35(37)19-18-32-24-52(42(55)58-44(4,5)6)25-33(56-32)26-59-34-9-7-8-27(20-34)21-48/h7-17,20,22-23,32-33,38-39H,18-19,24-26H2,1-6H3,(H,50,53)(H,51,54)/t32-,33+,39?/m1/s1. The van der Waals surface area contributed by atoms with Gasteiger partial charge in [0.15, 0.2) is 0 Å². The van der Waals surface area contributed by atoms with Crippen LogP contribution in [-0.2, 0) is 25.4 Å². The summed E-state index contributed by atoms with van der Waals surface area (Å²) in [6.45, 7) is 10.7. The molecule has 0 aliphatic carbocycles. The lowest BCUT2D eigenvalue weighted by molar-refractivity contribution is -0.118. The van der Waals surface area contributed by atoms with Crippen molar-refractivity contribution in [1.82, 2.24) is 15.2 Å². The zero-order chi connectivity index (χ0) is 42.9. The molecule has 1 aliphatic heterocycles. The minimum Gasteiger partial charge on any atom is -0.444 e. The summed E-state index contributed by atoms with van der Waals surface area (Å²) < 4.78 is 61.6. The summed E-state index contributed by atoms with van der Waals surface area (Å²) in [6.07, 6.45) is 0.125. The average Bonchev–Trinajstić information content (AvgIpc) is 3.16. The molecule has 15 heteroatoms. The first-order valence-electron chi connectivity index (χ1n) is 19.1. The van der Waals surface area contributed by atoms with Crippen LogP contribution in [0.1, 0.15) is 76.1 Å². The van der Waals surface area contributed by atoms with E-state index in [-0.39, 0.29) is 37.2 Å². The van der Waals surface area contributed by atoms with Crippen LogP contribution in [0.2, 0.25) is 0 Å². The third-order valence-electron chi connectivity index (χ3n) is 9.01. The highest BCUT2D eigenvalue weighted by Gasteiger charge is 2.36. The Morgan fingerprint density at radius 2 is 1.51 bits per heavy atom. The van der Waals surface area contributed by atoms with Crippen LogP contribution in [-0.4, -0.2) is 76.3 Å². The molecular formula is C44H48F3N5O6S. The maximum absolute atomic E-state index is 15.7. The average molecular weight is 832 g/mol. The van der Waals surface area contributed by atoms with E-state index in [1.54, 1.807) is 64.6 Å². The van der Waals surface area contributed by atoms with Gasteiger partial charge in [0, 0.05) is 22.1 Å². The molecule has 59 heavy (non-hydrogen) atoms. The number of thioether (sulfide) groups is 1. The predicted molar refractivity (Wildman–Crippen MR) is 217 cm³/mol. The lowest BCUT2D eigenvalue weighted by Gasteiger charge is -2.38. The van der Waals surface area contributed by atoms with Gasteiger partial charge in [-0.25, -0.2) is 22.8 Å². The summed E-state index contributed by atoms with van der Waals surface area (Å²) in [5.74, 6) is -3.10. The molecule has 312 valence electrons. The Kier molecular flexibility index (Phi) is 14.7. The van der Waals surface area contributed by atoms with Crippen molar-refractivity contribution in [3.8, 4) is 6.07 Å². The number of hydrogen-bond donors (Lipinski definition) is 2. The minimum atomic E-state index is -1.44. The molecule has 5 rings (SSSR count). The second kappa shape index (κ2) is 19.4.